The first-order valence-electron chi connectivity index (χ1n) is 5.99. The van der Waals surface area contributed by atoms with Crippen molar-refractivity contribution in [1.29, 1.82) is 0 Å². The van der Waals surface area contributed by atoms with Crippen molar-refractivity contribution >= 4 is 0 Å². The van der Waals surface area contributed by atoms with Crippen LogP contribution in [-0.2, 0) is 12.8 Å². The van der Waals surface area contributed by atoms with Crippen LogP contribution in [0.15, 0.2) is 38.0 Å². The molecular formula is C14H19N3O. The van der Waals surface area contributed by atoms with Gasteiger partial charge in [0.05, 0.1) is 0 Å². The molecule has 0 aromatic carbocycles. The van der Waals surface area contributed by atoms with Gasteiger partial charge in [0.2, 0.25) is 0 Å². The standard InChI is InChI=1S/C14H19N3O/c1-4-7-9-12-15-13(10-8-5-2)17-14(16-12)18-11-6-3/h4-6H,1-3,7-11H2. The van der Waals surface area contributed by atoms with Crippen molar-refractivity contribution in [2.45, 2.75) is 25.7 Å². The first-order valence-corrected chi connectivity index (χ1v) is 5.99. The highest BCUT2D eigenvalue weighted by Gasteiger charge is 2.06. The summed E-state index contributed by atoms with van der Waals surface area (Å²) >= 11 is 0. The van der Waals surface area contributed by atoms with Crippen molar-refractivity contribution in [3.8, 4) is 6.01 Å². The maximum absolute atomic E-state index is 5.36. The van der Waals surface area contributed by atoms with Gasteiger partial charge in [0.1, 0.15) is 18.3 Å². The van der Waals surface area contributed by atoms with E-state index in [1.165, 1.54) is 0 Å². The molecule has 0 bridgehead atoms. The highest BCUT2D eigenvalue weighted by Crippen LogP contribution is 2.08. The number of nitrogens with zero attached hydrogens (tertiary/aromatic N) is 3. The second-order valence-electron chi connectivity index (χ2n) is 3.70. The second-order valence-corrected chi connectivity index (χ2v) is 3.70. The van der Waals surface area contributed by atoms with E-state index in [0.29, 0.717) is 12.6 Å². The molecule has 1 aromatic rings. The molecule has 0 N–H and O–H groups in total. The SMILES string of the molecule is C=CCCc1nc(CCC=C)nc(OCC=C)n1. The number of rotatable bonds is 9. The predicted octanol–water partition coefficient (Wildman–Crippen LogP) is 2.67. The Kier molecular flexibility index (Phi) is 6.40. The first kappa shape index (κ1) is 14.1. The van der Waals surface area contributed by atoms with Crippen LogP contribution in [0.4, 0.5) is 0 Å². The lowest BCUT2D eigenvalue weighted by Gasteiger charge is -2.06. The molecule has 96 valence electrons. The highest BCUT2D eigenvalue weighted by atomic mass is 16.5. The van der Waals surface area contributed by atoms with E-state index in [4.69, 9.17) is 4.74 Å². The van der Waals surface area contributed by atoms with Gasteiger partial charge in [-0.1, -0.05) is 24.8 Å². The van der Waals surface area contributed by atoms with Gasteiger partial charge in [-0.05, 0) is 12.8 Å². The van der Waals surface area contributed by atoms with Gasteiger partial charge < -0.3 is 4.74 Å². The van der Waals surface area contributed by atoms with E-state index in [9.17, 15) is 0 Å². The van der Waals surface area contributed by atoms with E-state index in [0.717, 1.165) is 37.3 Å². The molecule has 18 heavy (non-hydrogen) atoms. The average Bonchev–Trinajstić information content (AvgIpc) is 2.40. The summed E-state index contributed by atoms with van der Waals surface area (Å²) in [5.41, 5.74) is 0. The van der Waals surface area contributed by atoms with E-state index >= 15 is 0 Å². The molecule has 1 aromatic heterocycles. The van der Waals surface area contributed by atoms with Gasteiger partial charge in [-0.15, -0.1) is 13.2 Å². The lowest BCUT2D eigenvalue weighted by molar-refractivity contribution is 0.328. The molecule has 0 saturated heterocycles. The third-order valence-electron chi connectivity index (χ3n) is 2.18. The van der Waals surface area contributed by atoms with Crippen molar-refractivity contribution in [2.24, 2.45) is 0 Å². The van der Waals surface area contributed by atoms with Gasteiger partial charge in [-0.2, -0.15) is 9.97 Å². The molecule has 0 unspecified atom stereocenters. The van der Waals surface area contributed by atoms with Crippen LogP contribution in [0.25, 0.3) is 0 Å². The van der Waals surface area contributed by atoms with Crippen molar-refractivity contribution < 1.29 is 4.74 Å². The van der Waals surface area contributed by atoms with Crippen molar-refractivity contribution in [2.75, 3.05) is 6.61 Å². The predicted molar refractivity (Wildman–Crippen MR) is 72.6 cm³/mol. The summed E-state index contributed by atoms with van der Waals surface area (Å²) in [7, 11) is 0. The molecule has 1 heterocycles. The van der Waals surface area contributed by atoms with Crippen LogP contribution in [-0.4, -0.2) is 21.6 Å². The van der Waals surface area contributed by atoms with Crippen LogP contribution < -0.4 is 4.74 Å². The minimum absolute atomic E-state index is 0.364. The molecule has 1 rings (SSSR count). The van der Waals surface area contributed by atoms with Crippen LogP contribution >= 0.6 is 0 Å². The fourth-order valence-corrected chi connectivity index (χ4v) is 1.33. The Hall–Kier alpha value is -1.97. The molecule has 0 amide bonds. The number of hydrogen-bond donors (Lipinski definition) is 0. The molecule has 4 heteroatoms. The molecule has 0 aliphatic rings. The average molecular weight is 245 g/mol. The Morgan fingerprint density at radius 1 is 0.833 bits per heavy atom. The summed E-state index contributed by atoms with van der Waals surface area (Å²) in [4.78, 5) is 12.9. The fraction of sp³-hybridized carbons (Fsp3) is 0.357. The van der Waals surface area contributed by atoms with Crippen LogP contribution in [0.5, 0.6) is 6.01 Å². The zero-order valence-electron chi connectivity index (χ0n) is 10.6. The molecular weight excluding hydrogens is 226 g/mol. The van der Waals surface area contributed by atoms with Crippen molar-refractivity contribution in [3.63, 3.8) is 0 Å². The molecule has 4 nitrogen and oxygen atoms in total. The lowest BCUT2D eigenvalue weighted by Crippen LogP contribution is -2.07. The van der Waals surface area contributed by atoms with Gasteiger partial charge >= 0.3 is 6.01 Å². The Morgan fingerprint density at radius 2 is 1.39 bits per heavy atom. The minimum atomic E-state index is 0.364. The van der Waals surface area contributed by atoms with Crippen LogP contribution in [0, 0.1) is 0 Å². The largest absolute Gasteiger partial charge is 0.459 e. The van der Waals surface area contributed by atoms with E-state index in [2.05, 4.69) is 34.7 Å². The normalized spacial score (nSPS) is 9.78. The Morgan fingerprint density at radius 3 is 1.83 bits per heavy atom. The third kappa shape index (κ3) is 4.91. The number of aromatic nitrogens is 3. The van der Waals surface area contributed by atoms with Crippen LogP contribution in [0.3, 0.4) is 0 Å². The Labute approximate surface area is 108 Å². The molecule has 0 spiro atoms. The van der Waals surface area contributed by atoms with Gasteiger partial charge in [0, 0.05) is 12.8 Å². The molecule has 0 aliphatic heterocycles. The Bertz CT molecular complexity index is 341. The minimum Gasteiger partial charge on any atom is -0.459 e. The van der Waals surface area contributed by atoms with Crippen LogP contribution in [0.2, 0.25) is 0 Å². The maximum Gasteiger partial charge on any atom is 0.320 e. The number of allylic oxidation sites excluding steroid dienone is 2. The van der Waals surface area contributed by atoms with Gasteiger partial charge in [0.25, 0.3) is 0 Å². The zero-order valence-corrected chi connectivity index (χ0v) is 10.6. The van der Waals surface area contributed by atoms with E-state index in [1.54, 1.807) is 6.08 Å². The molecule has 0 saturated carbocycles. The molecule has 0 aliphatic carbocycles. The summed E-state index contributed by atoms with van der Waals surface area (Å²) in [5.74, 6) is 1.48. The smallest absolute Gasteiger partial charge is 0.320 e. The molecule has 0 atom stereocenters. The van der Waals surface area contributed by atoms with Crippen molar-refractivity contribution in [1.82, 2.24) is 15.0 Å². The van der Waals surface area contributed by atoms with E-state index in [-0.39, 0.29) is 0 Å². The topological polar surface area (TPSA) is 47.9 Å². The first-order chi connectivity index (χ1) is 8.80. The number of ether oxygens (including phenoxy) is 1. The van der Waals surface area contributed by atoms with Crippen molar-refractivity contribution in [3.05, 3.63) is 49.6 Å². The monoisotopic (exact) mass is 245 g/mol. The zero-order chi connectivity index (χ0) is 13.2. The summed E-state index contributed by atoms with van der Waals surface area (Å²) in [6.07, 6.45) is 8.53. The molecule has 0 radical (unpaired) electrons. The summed E-state index contributed by atoms with van der Waals surface area (Å²) < 4.78 is 5.36. The fourth-order valence-electron chi connectivity index (χ4n) is 1.33. The van der Waals surface area contributed by atoms with E-state index in [1.807, 2.05) is 12.2 Å². The van der Waals surface area contributed by atoms with Crippen LogP contribution in [0.1, 0.15) is 24.5 Å². The summed E-state index contributed by atoms with van der Waals surface area (Å²) in [6.45, 7) is 11.4. The van der Waals surface area contributed by atoms with Gasteiger partial charge in [-0.3, -0.25) is 0 Å². The lowest BCUT2D eigenvalue weighted by atomic mass is 10.2. The highest BCUT2D eigenvalue weighted by molar-refractivity contribution is 5.03. The second kappa shape index (κ2) is 8.17. The van der Waals surface area contributed by atoms with Gasteiger partial charge in [-0.25, -0.2) is 4.98 Å². The number of hydrogen-bond acceptors (Lipinski definition) is 4. The summed E-state index contributed by atoms with van der Waals surface area (Å²) in [6, 6.07) is 0.364. The van der Waals surface area contributed by atoms with E-state index < -0.39 is 0 Å². The quantitative estimate of drug-likeness (QED) is 0.627. The number of aryl methyl sites for hydroxylation is 2. The van der Waals surface area contributed by atoms with Gasteiger partial charge in [0.15, 0.2) is 0 Å². The Balaban J connectivity index is 2.83. The maximum atomic E-state index is 5.36. The summed E-state index contributed by atoms with van der Waals surface area (Å²) in [5, 5.41) is 0. The third-order valence-corrected chi connectivity index (χ3v) is 2.18. The molecule has 0 fully saturated rings.